The van der Waals surface area contributed by atoms with E-state index in [0.717, 1.165) is 19.3 Å². The molecule has 1 unspecified atom stereocenters. The molecule has 0 aromatic rings. The monoisotopic (exact) mass is 230 g/mol. The summed E-state index contributed by atoms with van der Waals surface area (Å²) in [7, 11) is 0. The predicted molar refractivity (Wildman–Crippen MR) is 61.1 cm³/mol. The van der Waals surface area contributed by atoms with Crippen LogP contribution in [0.3, 0.4) is 0 Å². The molecule has 0 aromatic carbocycles. The summed E-state index contributed by atoms with van der Waals surface area (Å²) in [5, 5.41) is 8.91. The second kappa shape index (κ2) is 8.13. The molecule has 0 aliphatic rings. The van der Waals surface area contributed by atoms with Crippen molar-refractivity contribution in [1.82, 2.24) is 0 Å². The maximum absolute atomic E-state index is 11.5. The van der Waals surface area contributed by atoms with E-state index in [2.05, 4.69) is 0 Å². The number of esters is 1. The van der Waals surface area contributed by atoms with Crippen molar-refractivity contribution in [3.05, 3.63) is 0 Å². The van der Waals surface area contributed by atoms with Gasteiger partial charge in [-0.2, -0.15) is 0 Å². The highest BCUT2D eigenvalue weighted by Gasteiger charge is 2.27. The first-order chi connectivity index (χ1) is 7.49. The molecule has 0 aliphatic carbocycles. The van der Waals surface area contributed by atoms with Gasteiger partial charge in [0.2, 0.25) is 0 Å². The average molecular weight is 230 g/mol. The van der Waals surface area contributed by atoms with E-state index >= 15 is 0 Å². The minimum absolute atomic E-state index is 0.320. The predicted octanol–water partition coefficient (Wildman–Crippen LogP) is 2.47. The Labute approximate surface area is 97.0 Å². The molecule has 0 heterocycles. The van der Waals surface area contributed by atoms with Gasteiger partial charge >= 0.3 is 11.9 Å². The number of hydrogen-bond donors (Lipinski definition) is 1. The number of unbranched alkanes of at least 4 members (excludes halogenated alkanes) is 1. The Morgan fingerprint density at radius 1 is 1.25 bits per heavy atom. The first-order valence-corrected chi connectivity index (χ1v) is 5.88. The largest absolute Gasteiger partial charge is 0.481 e. The molecule has 16 heavy (non-hydrogen) atoms. The van der Waals surface area contributed by atoms with E-state index in [9.17, 15) is 9.59 Å². The molecule has 4 heteroatoms. The van der Waals surface area contributed by atoms with Crippen molar-refractivity contribution in [3.63, 3.8) is 0 Å². The molecule has 0 aliphatic heterocycles. The standard InChI is InChI=1S/C12H22O4/c1-4-5-8-16-12(15)10(11(13)14)7-6-9(2)3/h9-10H,4-8H2,1-3H3,(H,13,14). The van der Waals surface area contributed by atoms with Crippen LogP contribution >= 0.6 is 0 Å². The Morgan fingerprint density at radius 2 is 1.88 bits per heavy atom. The zero-order valence-corrected chi connectivity index (χ0v) is 10.4. The minimum Gasteiger partial charge on any atom is -0.481 e. The van der Waals surface area contributed by atoms with Crippen LogP contribution in [0.1, 0.15) is 46.5 Å². The third-order valence-electron chi connectivity index (χ3n) is 2.36. The number of carbonyl (C=O) groups excluding carboxylic acids is 1. The maximum atomic E-state index is 11.5. The molecule has 1 atom stereocenters. The molecule has 0 bridgehead atoms. The molecule has 4 nitrogen and oxygen atoms in total. The van der Waals surface area contributed by atoms with Crippen molar-refractivity contribution in [2.75, 3.05) is 6.61 Å². The van der Waals surface area contributed by atoms with E-state index < -0.39 is 17.9 Å². The molecule has 0 saturated carbocycles. The quantitative estimate of drug-likeness (QED) is 0.395. The van der Waals surface area contributed by atoms with E-state index in [4.69, 9.17) is 9.84 Å². The Kier molecular flexibility index (Phi) is 7.60. The fraction of sp³-hybridized carbons (Fsp3) is 0.833. The molecule has 0 aromatic heterocycles. The fourth-order valence-corrected chi connectivity index (χ4v) is 1.26. The van der Waals surface area contributed by atoms with Crippen molar-refractivity contribution < 1.29 is 19.4 Å². The third-order valence-corrected chi connectivity index (χ3v) is 2.36. The number of carboxylic acids is 1. The second-order valence-corrected chi connectivity index (χ2v) is 4.38. The minimum atomic E-state index is -1.08. The van der Waals surface area contributed by atoms with Crippen LogP contribution in [0, 0.1) is 11.8 Å². The highest BCUT2D eigenvalue weighted by atomic mass is 16.5. The van der Waals surface area contributed by atoms with Gasteiger partial charge in [-0.15, -0.1) is 0 Å². The normalized spacial score (nSPS) is 12.5. The summed E-state index contributed by atoms with van der Waals surface area (Å²) in [4.78, 5) is 22.4. The van der Waals surface area contributed by atoms with Crippen LogP contribution in [0.2, 0.25) is 0 Å². The van der Waals surface area contributed by atoms with Crippen LogP contribution in [0.15, 0.2) is 0 Å². The van der Waals surface area contributed by atoms with Gasteiger partial charge in [0, 0.05) is 0 Å². The third kappa shape index (κ3) is 6.43. The van der Waals surface area contributed by atoms with Gasteiger partial charge in [-0.05, 0) is 25.2 Å². The van der Waals surface area contributed by atoms with Crippen molar-refractivity contribution in [3.8, 4) is 0 Å². The lowest BCUT2D eigenvalue weighted by Gasteiger charge is -2.12. The van der Waals surface area contributed by atoms with Crippen LogP contribution in [-0.4, -0.2) is 23.7 Å². The first kappa shape index (κ1) is 14.9. The number of rotatable bonds is 8. The molecule has 1 N–H and O–H groups in total. The van der Waals surface area contributed by atoms with Crippen molar-refractivity contribution in [2.45, 2.75) is 46.5 Å². The molecule has 0 fully saturated rings. The van der Waals surface area contributed by atoms with Gasteiger partial charge in [0.25, 0.3) is 0 Å². The van der Waals surface area contributed by atoms with E-state index in [1.807, 2.05) is 20.8 Å². The lowest BCUT2D eigenvalue weighted by atomic mass is 9.98. The highest BCUT2D eigenvalue weighted by molar-refractivity contribution is 5.93. The average Bonchev–Trinajstić information content (AvgIpc) is 2.17. The summed E-state index contributed by atoms with van der Waals surface area (Å²) in [6.07, 6.45) is 2.79. The number of hydrogen-bond acceptors (Lipinski definition) is 3. The lowest BCUT2D eigenvalue weighted by Crippen LogP contribution is -2.26. The summed E-state index contributed by atoms with van der Waals surface area (Å²) in [6, 6.07) is 0. The summed E-state index contributed by atoms with van der Waals surface area (Å²) < 4.78 is 4.92. The number of aliphatic carboxylic acids is 1. The smallest absolute Gasteiger partial charge is 0.320 e. The van der Waals surface area contributed by atoms with E-state index in [-0.39, 0.29) is 0 Å². The maximum Gasteiger partial charge on any atom is 0.320 e. The number of carboxylic acid groups (broad SMARTS) is 1. The van der Waals surface area contributed by atoms with Crippen LogP contribution in [-0.2, 0) is 14.3 Å². The number of ether oxygens (including phenoxy) is 1. The van der Waals surface area contributed by atoms with Crippen molar-refractivity contribution in [1.29, 1.82) is 0 Å². The SMILES string of the molecule is CCCCOC(=O)C(CCC(C)C)C(=O)O. The highest BCUT2D eigenvalue weighted by Crippen LogP contribution is 2.14. The number of carbonyl (C=O) groups is 2. The topological polar surface area (TPSA) is 63.6 Å². The summed E-state index contributed by atoms with van der Waals surface area (Å²) >= 11 is 0. The summed E-state index contributed by atoms with van der Waals surface area (Å²) in [5.41, 5.74) is 0. The molecule has 0 radical (unpaired) electrons. The van der Waals surface area contributed by atoms with Crippen molar-refractivity contribution >= 4 is 11.9 Å². The van der Waals surface area contributed by atoms with E-state index in [1.54, 1.807) is 0 Å². The van der Waals surface area contributed by atoms with Crippen LogP contribution in [0.5, 0.6) is 0 Å². The van der Waals surface area contributed by atoms with Crippen LogP contribution < -0.4 is 0 Å². The lowest BCUT2D eigenvalue weighted by molar-refractivity contribution is -0.159. The zero-order chi connectivity index (χ0) is 12.6. The van der Waals surface area contributed by atoms with Gasteiger partial charge in [0.15, 0.2) is 5.92 Å². The molecule has 0 saturated heterocycles. The zero-order valence-electron chi connectivity index (χ0n) is 10.4. The van der Waals surface area contributed by atoms with Crippen LogP contribution in [0.4, 0.5) is 0 Å². The van der Waals surface area contributed by atoms with Gasteiger partial charge in [-0.1, -0.05) is 27.2 Å². The Balaban J connectivity index is 4.09. The summed E-state index contributed by atoms with van der Waals surface area (Å²) in [6.45, 7) is 6.31. The molecular weight excluding hydrogens is 208 g/mol. The molecular formula is C12H22O4. The first-order valence-electron chi connectivity index (χ1n) is 5.88. The summed E-state index contributed by atoms with van der Waals surface area (Å²) in [5.74, 6) is -2.28. The van der Waals surface area contributed by atoms with Gasteiger partial charge in [-0.3, -0.25) is 9.59 Å². The Morgan fingerprint density at radius 3 is 2.31 bits per heavy atom. The van der Waals surface area contributed by atoms with Gasteiger partial charge in [0.1, 0.15) is 0 Å². The molecule has 94 valence electrons. The van der Waals surface area contributed by atoms with Crippen molar-refractivity contribution in [2.24, 2.45) is 11.8 Å². The molecule has 0 rings (SSSR count). The van der Waals surface area contributed by atoms with Crippen LogP contribution in [0.25, 0.3) is 0 Å². The second-order valence-electron chi connectivity index (χ2n) is 4.38. The van der Waals surface area contributed by atoms with E-state index in [0.29, 0.717) is 18.9 Å². The molecule has 0 amide bonds. The van der Waals surface area contributed by atoms with Gasteiger partial charge < -0.3 is 9.84 Å². The van der Waals surface area contributed by atoms with E-state index in [1.165, 1.54) is 0 Å². The van der Waals surface area contributed by atoms with Gasteiger partial charge in [0.05, 0.1) is 6.61 Å². The molecule has 0 spiro atoms. The Hall–Kier alpha value is -1.06. The fourth-order valence-electron chi connectivity index (χ4n) is 1.26. The van der Waals surface area contributed by atoms with Gasteiger partial charge in [-0.25, -0.2) is 0 Å². The Bertz CT molecular complexity index is 223.